The van der Waals surface area contributed by atoms with Gasteiger partial charge >= 0.3 is 0 Å². The summed E-state index contributed by atoms with van der Waals surface area (Å²) in [6.07, 6.45) is 0. The van der Waals surface area contributed by atoms with E-state index in [1.807, 2.05) is 0 Å². The van der Waals surface area contributed by atoms with Gasteiger partial charge in [-0.2, -0.15) is 0 Å². The lowest BCUT2D eigenvalue weighted by Crippen LogP contribution is -2.10. The van der Waals surface area contributed by atoms with Crippen LogP contribution in [0.4, 0.5) is 0 Å². The van der Waals surface area contributed by atoms with E-state index in [1.165, 1.54) is 154 Å². The minimum Gasteiger partial charge on any atom is -0.309 e. The van der Waals surface area contributed by atoms with Crippen molar-refractivity contribution in [3.8, 4) is 78.1 Å². The third-order valence-electron chi connectivity index (χ3n) is 17.7. The minimum absolute atomic E-state index is 0.104. The average molecular weight is 1080 g/mol. The van der Waals surface area contributed by atoms with Crippen molar-refractivity contribution in [2.45, 2.75) is 52.4 Å². The van der Waals surface area contributed by atoms with Gasteiger partial charge in [0, 0.05) is 32.9 Å². The molecule has 2 aromatic heterocycles. The molecule has 84 heavy (non-hydrogen) atoms. The van der Waals surface area contributed by atoms with Crippen molar-refractivity contribution >= 4 is 65.2 Å². The third kappa shape index (κ3) is 8.72. The Kier molecular flexibility index (Phi) is 12.0. The summed E-state index contributed by atoms with van der Waals surface area (Å²) in [4.78, 5) is 0. The largest absolute Gasteiger partial charge is 0.309 e. The first-order valence-corrected chi connectivity index (χ1v) is 29.6. The molecule has 0 atom stereocenters. The van der Waals surface area contributed by atoms with Crippen LogP contribution in [0.3, 0.4) is 0 Å². The predicted molar refractivity (Wildman–Crippen MR) is 360 cm³/mol. The van der Waals surface area contributed by atoms with Gasteiger partial charge in [-0.3, -0.25) is 0 Å². The minimum atomic E-state index is 0.104. The lowest BCUT2D eigenvalue weighted by Gasteiger charge is -2.19. The van der Waals surface area contributed by atoms with Crippen LogP contribution in [0.1, 0.15) is 52.7 Å². The van der Waals surface area contributed by atoms with Crippen LogP contribution in [0.25, 0.3) is 143 Å². The molecule has 2 heterocycles. The van der Waals surface area contributed by atoms with Crippen LogP contribution in [0.5, 0.6) is 0 Å². The van der Waals surface area contributed by atoms with Gasteiger partial charge in [-0.25, -0.2) is 0 Å². The molecule has 0 saturated carbocycles. The summed E-state index contributed by atoms with van der Waals surface area (Å²) in [5, 5.41) is 10.0. The molecule has 15 aromatic rings. The van der Waals surface area contributed by atoms with Gasteiger partial charge in [-0.15, -0.1) is 0 Å². The fourth-order valence-electron chi connectivity index (χ4n) is 13.2. The Morgan fingerprint density at radius 2 is 0.440 bits per heavy atom. The number of hydrogen-bond acceptors (Lipinski definition) is 0. The van der Waals surface area contributed by atoms with E-state index in [0.29, 0.717) is 0 Å². The molecule has 0 amide bonds. The number of rotatable bonds is 8. The summed E-state index contributed by atoms with van der Waals surface area (Å²) >= 11 is 0. The maximum Gasteiger partial charge on any atom is 0.0541 e. The lowest BCUT2D eigenvalue weighted by atomic mass is 9.85. The second kappa shape index (κ2) is 19.9. The van der Waals surface area contributed by atoms with E-state index in [-0.39, 0.29) is 10.8 Å². The first-order valence-electron chi connectivity index (χ1n) is 29.6. The summed E-state index contributed by atoms with van der Waals surface area (Å²) in [6, 6.07) is 104. The molecule has 0 bridgehead atoms. The van der Waals surface area contributed by atoms with Gasteiger partial charge in [0.15, 0.2) is 0 Å². The maximum absolute atomic E-state index is 2.41. The molecular formula is C82H64N2. The van der Waals surface area contributed by atoms with Crippen molar-refractivity contribution in [1.29, 1.82) is 0 Å². The van der Waals surface area contributed by atoms with E-state index in [2.05, 4.69) is 330 Å². The van der Waals surface area contributed by atoms with Crippen LogP contribution in [0.2, 0.25) is 0 Å². The van der Waals surface area contributed by atoms with Crippen LogP contribution in [0, 0.1) is 0 Å². The highest BCUT2D eigenvalue weighted by Gasteiger charge is 2.21. The molecule has 0 spiro atoms. The molecule has 402 valence electrons. The second-order valence-electron chi connectivity index (χ2n) is 24.9. The standard InChI is InChI=1S/C82H64N2/c1-81(2,3)63-41-45-65(46-42-63)83-75-21-13-11-15-67(75)73-51-61(39-49-77(73)83)57-27-23-53(24-28-57)55-31-35-59(36-32-55)79-69-17-7-9-19-71(69)80(72-20-10-8-18-70(72)79)60-37-33-56(34-38-60)54-25-29-58(30-26-54)62-40-50-78-74(52-62)68-16-12-14-22-76(68)84(78)66-47-43-64(44-48-66)82(4,5)6/h7-52H,1-6H3. The van der Waals surface area contributed by atoms with Crippen molar-refractivity contribution in [3.05, 3.63) is 290 Å². The normalized spacial score (nSPS) is 12.2. The topological polar surface area (TPSA) is 9.86 Å². The Morgan fingerprint density at radius 1 is 0.202 bits per heavy atom. The van der Waals surface area contributed by atoms with Gasteiger partial charge in [0.1, 0.15) is 0 Å². The van der Waals surface area contributed by atoms with Crippen LogP contribution >= 0.6 is 0 Å². The quantitative estimate of drug-likeness (QED) is 0.134. The predicted octanol–water partition coefficient (Wildman–Crippen LogP) is 22.8. The van der Waals surface area contributed by atoms with Crippen molar-refractivity contribution < 1.29 is 0 Å². The molecular weight excluding hydrogens is 1010 g/mol. The fourth-order valence-corrected chi connectivity index (χ4v) is 13.2. The molecule has 0 unspecified atom stereocenters. The summed E-state index contributed by atoms with van der Waals surface area (Å²) in [6.45, 7) is 13.6. The van der Waals surface area contributed by atoms with E-state index in [4.69, 9.17) is 0 Å². The third-order valence-corrected chi connectivity index (χ3v) is 17.7. The number of benzene rings is 13. The van der Waals surface area contributed by atoms with Gasteiger partial charge in [0.25, 0.3) is 0 Å². The van der Waals surface area contributed by atoms with Crippen LogP contribution in [-0.2, 0) is 10.8 Å². The van der Waals surface area contributed by atoms with Crippen LogP contribution < -0.4 is 0 Å². The van der Waals surface area contributed by atoms with Gasteiger partial charge in [-0.05, 0) is 171 Å². The Hall–Kier alpha value is -10.0. The molecule has 0 saturated heterocycles. The highest BCUT2D eigenvalue weighted by Crippen LogP contribution is 2.45. The lowest BCUT2D eigenvalue weighted by molar-refractivity contribution is 0.590. The molecule has 13 aromatic carbocycles. The molecule has 15 rings (SSSR count). The van der Waals surface area contributed by atoms with Crippen LogP contribution in [0.15, 0.2) is 279 Å². The number of aromatic nitrogens is 2. The number of fused-ring (bicyclic) bond motifs is 8. The molecule has 0 aliphatic carbocycles. The highest BCUT2D eigenvalue weighted by atomic mass is 15.0. The zero-order valence-electron chi connectivity index (χ0n) is 48.5. The Morgan fingerprint density at radius 3 is 0.738 bits per heavy atom. The van der Waals surface area contributed by atoms with Gasteiger partial charge in [0.05, 0.1) is 22.1 Å². The van der Waals surface area contributed by atoms with Crippen molar-refractivity contribution in [2.24, 2.45) is 0 Å². The SMILES string of the molecule is CC(C)(C)c1ccc(-n2c3ccccc3c3cc(-c4ccc(-c5ccc(-c6c7ccccc7c(-c7ccc(-c8ccc(-c9ccc%10c(c9)c9ccccc9n%10-c9ccc(C(C)(C)C)cc9)cc8)cc7)c7ccccc67)cc5)cc4)ccc32)cc1. The smallest absolute Gasteiger partial charge is 0.0541 e. The molecule has 2 heteroatoms. The van der Waals surface area contributed by atoms with Gasteiger partial charge in [0.2, 0.25) is 0 Å². The molecule has 2 nitrogen and oxygen atoms in total. The fraction of sp³-hybridized carbons (Fsp3) is 0.0976. The van der Waals surface area contributed by atoms with E-state index in [1.54, 1.807) is 0 Å². The number of para-hydroxylation sites is 2. The van der Waals surface area contributed by atoms with Crippen molar-refractivity contribution in [2.75, 3.05) is 0 Å². The van der Waals surface area contributed by atoms with E-state index >= 15 is 0 Å². The van der Waals surface area contributed by atoms with Crippen molar-refractivity contribution in [3.63, 3.8) is 0 Å². The maximum atomic E-state index is 2.41. The summed E-state index contributed by atoms with van der Waals surface area (Å²) in [7, 11) is 0. The Balaban J connectivity index is 0.698. The molecule has 0 radical (unpaired) electrons. The molecule has 0 fully saturated rings. The van der Waals surface area contributed by atoms with Crippen LogP contribution in [-0.4, -0.2) is 9.13 Å². The van der Waals surface area contributed by atoms with E-state index in [0.717, 1.165) is 0 Å². The summed E-state index contributed by atoms with van der Waals surface area (Å²) in [5.41, 5.74) is 24.7. The van der Waals surface area contributed by atoms with Gasteiger partial charge in [-0.1, -0.05) is 260 Å². The number of nitrogens with zero attached hydrogens (tertiary/aromatic N) is 2. The zero-order chi connectivity index (χ0) is 56.8. The monoisotopic (exact) mass is 1080 g/mol. The Labute approximate surface area is 492 Å². The average Bonchev–Trinajstić information content (AvgIpc) is 3.81. The van der Waals surface area contributed by atoms with E-state index in [9.17, 15) is 0 Å². The first kappa shape index (κ1) is 50.9. The van der Waals surface area contributed by atoms with Crippen molar-refractivity contribution in [1.82, 2.24) is 9.13 Å². The molecule has 0 N–H and O–H groups in total. The molecule has 0 aliphatic heterocycles. The highest BCUT2D eigenvalue weighted by molar-refractivity contribution is 6.21. The second-order valence-corrected chi connectivity index (χ2v) is 24.9. The first-order chi connectivity index (χ1) is 40.9. The van der Waals surface area contributed by atoms with Gasteiger partial charge < -0.3 is 9.13 Å². The zero-order valence-corrected chi connectivity index (χ0v) is 48.5. The number of hydrogen-bond donors (Lipinski definition) is 0. The summed E-state index contributed by atoms with van der Waals surface area (Å²) < 4.78 is 4.81. The Bertz CT molecular complexity index is 4620. The van der Waals surface area contributed by atoms with E-state index < -0.39 is 0 Å². The molecule has 0 aliphatic rings. The summed E-state index contributed by atoms with van der Waals surface area (Å²) in [5.74, 6) is 0.